The number of ether oxygens (including phenoxy) is 3. The van der Waals surface area contributed by atoms with Gasteiger partial charge in [-0.1, -0.05) is 71.3 Å². The van der Waals surface area contributed by atoms with E-state index < -0.39 is 41.7 Å². The molecule has 1 spiro atoms. The zero-order valence-corrected chi connectivity index (χ0v) is 29.4. The van der Waals surface area contributed by atoms with Crippen molar-refractivity contribution in [1.82, 2.24) is 20.0 Å². The van der Waals surface area contributed by atoms with E-state index in [9.17, 15) is 24.3 Å². The number of hydrogen-bond donors (Lipinski definition) is 2. The summed E-state index contributed by atoms with van der Waals surface area (Å²) in [6, 6.07) is 8.24. The third-order valence-electron chi connectivity index (χ3n) is 10.3. The molecule has 5 aliphatic heterocycles. The van der Waals surface area contributed by atoms with E-state index in [4.69, 9.17) is 14.2 Å². The maximum absolute atomic E-state index is 14.9. The van der Waals surface area contributed by atoms with Gasteiger partial charge in [0, 0.05) is 56.8 Å². The maximum atomic E-state index is 14.9. The summed E-state index contributed by atoms with van der Waals surface area (Å²) >= 11 is 3.63. The molecule has 0 radical (unpaired) electrons. The molecular formula is C36H47BrN4O8. The fourth-order valence-corrected chi connectivity index (χ4v) is 8.48. The first kappa shape index (κ1) is 35.7. The lowest BCUT2D eigenvalue weighted by atomic mass is 9.74. The van der Waals surface area contributed by atoms with Gasteiger partial charge in [0.15, 0.2) is 0 Å². The van der Waals surface area contributed by atoms with Gasteiger partial charge in [0.2, 0.25) is 17.7 Å². The van der Waals surface area contributed by atoms with E-state index in [1.54, 1.807) is 9.80 Å². The van der Waals surface area contributed by atoms with Gasteiger partial charge in [-0.05, 0) is 30.9 Å². The second-order valence-electron chi connectivity index (χ2n) is 13.4. The largest absolute Gasteiger partial charge is 0.455 e. The summed E-state index contributed by atoms with van der Waals surface area (Å²) in [5.74, 6) is -3.25. The first-order valence-corrected chi connectivity index (χ1v) is 18.4. The lowest BCUT2D eigenvalue weighted by Crippen LogP contribution is -2.57. The van der Waals surface area contributed by atoms with Crippen molar-refractivity contribution in [2.45, 2.75) is 62.4 Å². The Kier molecular flexibility index (Phi) is 11.9. The molecule has 12 nitrogen and oxygen atoms in total. The summed E-state index contributed by atoms with van der Waals surface area (Å²) in [5, 5.41) is 12.2. The summed E-state index contributed by atoms with van der Waals surface area (Å²) in [5.41, 5.74) is -0.633. The fourth-order valence-electron chi connectivity index (χ4n) is 7.75. The highest BCUT2D eigenvalue weighted by atomic mass is 79.9. The van der Waals surface area contributed by atoms with Crippen LogP contribution in [0.15, 0.2) is 53.0 Å². The number of halogens is 1. The van der Waals surface area contributed by atoms with Crippen LogP contribution in [0.1, 0.15) is 50.2 Å². The molecule has 2 N–H and O–H groups in total. The predicted octanol–water partition coefficient (Wildman–Crippen LogP) is 2.32. The van der Waals surface area contributed by atoms with Crippen LogP contribution in [0.4, 0.5) is 0 Å². The number of rotatable bonds is 10. The van der Waals surface area contributed by atoms with E-state index in [0.717, 1.165) is 25.9 Å². The molecule has 0 aromatic heterocycles. The highest BCUT2D eigenvalue weighted by Crippen LogP contribution is 2.59. The van der Waals surface area contributed by atoms with Gasteiger partial charge in [0.25, 0.3) is 0 Å². The molecule has 3 fully saturated rings. The van der Waals surface area contributed by atoms with Crippen LogP contribution in [0.5, 0.6) is 0 Å². The Labute approximate surface area is 295 Å². The molecule has 13 heteroatoms. The number of fused-ring (bicyclic) bond motifs is 2. The van der Waals surface area contributed by atoms with Crippen LogP contribution < -0.4 is 5.32 Å². The Morgan fingerprint density at radius 1 is 0.939 bits per heavy atom. The van der Waals surface area contributed by atoms with Crippen molar-refractivity contribution in [2.24, 2.45) is 11.8 Å². The van der Waals surface area contributed by atoms with Crippen LogP contribution >= 0.6 is 15.9 Å². The second-order valence-corrected chi connectivity index (χ2v) is 14.3. The molecule has 6 atom stereocenters. The van der Waals surface area contributed by atoms with Crippen molar-refractivity contribution in [1.29, 1.82) is 0 Å². The molecule has 0 aliphatic carbocycles. The minimum absolute atomic E-state index is 0.0771. The highest BCUT2D eigenvalue weighted by molar-refractivity contribution is 9.11. The molecular weight excluding hydrogens is 696 g/mol. The van der Waals surface area contributed by atoms with Crippen molar-refractivity contribution < 1.29 is 38.5 Å². The number of nitrogens with zero attached hydrogens (tertiary/aromatic N) is 3. The zero-order valence-electron chi connectivity index (χ0n) is 27.8. The smallest absolute Gasteiger partial charge is 0.313 e. The third kappa shape index (κ3) is 7.65. The topological polar surface area (TPSA) is 138 Å². The molecule has 3 saturated heterocycles. The van der Waals surface area contributed by atoms with Crippen LogP contribution in [0.2, 0.25) is 0 Å². The number of benzene rings is 1. The number of nitrogens with one attached hydrogen (secondary N) is 1. The lowest BCUT2D eigenvalue weighted by molar-refractivity contribution is -0.159. The molecule has 1 aromatic rings. The normalized spacial score (nSPS) is 31.8. The number of cyclic esters (lactones) is 1. The number of carbonyl (C=O) groups is 4. The van der Waals surface area contributed by atoms with E-state index >= 15 is 0 Å². The van der Waals surface area contributed by atoms with Crippen LogP contribution in [0.3, 0.4) is 0 Å². The Hall–Kier alpha value is -3.10. The summed E-state index contributed by atoms with van der Waals surface area (Å²) in [4.78, 5) is 62.1. The maximum Gasteiger partial charge on any atom is 0.313 e. The average Bonchev–Trinajstić information content (AvgIpc) is 3.70. The van der Waals surface area contributed by atoms with Crippen molar-refractivity contribution in [2.75, 3.05) is 65.6 Å². The van der Waals surface area contributed by atoms with E-state index in [1.807, 2.05) is 48.6 Å². The number of amides is 3. The number of morpholine rings is 1. The molecule has 3 amide bonds. The molecule has 0 saturated carbocycles. The first-order valence-electron chi connectivity index (χ1n) is 17.6. The van der Waals surface area contributed by atoms with Gasteiger partial charge in [-0.3, -0.25) is 24.1 Å². The Morgan fingerprint density at radius 3 is 2.49 bits per heavy atom. The van der Waals surface area contributed by atoms with Gasteiger partial charge >= 0.3 is 5.97 Å². The average molecular weight is 744 g/mol. The second kappa shape index (κ2) is 16.3. The lowest BCUT2D eigenvalue weighted by Gasteiger charge is -2.37. The van der Waals surface area contributed by atoms with Gasteiger partial charge in [0.05, 0.1) is 25.7 Å². The highest BCUT2D eigenvalue weighted by Gasteiger charge is 2.74. The van der Waals surface area contributed by atoms with E-state index in [2.05, 4.69) is 26.1 Å². The number of carbonyl (C=O) groups excluding carboxylic acids is 4. The van der Waals surface area contributed by atoms with E-state index in [0.29, 0.717) is 68.7 Å². The van der Waals surface area contributed by atoms with Crippen molar-refractivity contribution in [3.63, 3.8) is 0 Å². The minimum atomic E-state index is -1.35. The molecule has 6 rings (SSSR count). The molecule has 5 heterocycles. The molecule has 5 bridgehead atoms. The predicted molar refractivity (Wildman–Crippen MR) is 183 cm³/mol. The quantitative estimate of drug-likeness (QED) is 0.210. The number of hydrogen-bond acceptors (Lipinski definition) is 9. The summed E-state index contributed by atoms with van der Waals surface area (Å²) in [7, 11) is 0. The van der Waals surface area contributed by atoms with Gasteiger partial charge in [-0.15, -0.1) is 0 Å². The van der Waals surface area contributed by atoms with E-state index in [1.165, 1.54) is 0 Å². The number of esters is 1. The Bertz CT molecular complexity index is 1420. The summed E-state index contributed by atoms with van der Waals surface area (Å²) in [6.07, 6.45) is 7.71. The number of aliphatic hydroxyl groups is 1. The standard InChI is InChI=1S/C36H47BrN4O8/c37-26-23-36-30-29(31(26)49-36)35(46)48-27(25-11-5-3-6-12-25)24-38-28(43)13-7-4-8-14-40(17-16-39-18-21-47-22-19-39)34(45)32(36)41(33(30)44)15-9-1-2-10-20-42/h3-6,8,11-12,23,27,29-32,42H,1-2,7,9-10,13-22,24H2,(H,38,43)/b8-4-/t27-,29-,30+,31-,32-,36+/m1/s1. The van der Waals surface area contributed by atoms with Crippen molar-refractivity contribution >= 4 is 39.6 Å². The Balaban J connectivity index is 1.35. The van der Waals surface area contributed by atoms with E-state index in [-0.39, 0.29) is 37.3 Å². The Morgan fingerprint density at radius 2 is 1.71 bits per heavy atom. The molecule has 49 heavy (non-hydrogen) atoms. The fraction of sp³-hybridized carbons (Fsp3) is 0.611. The molecule has 0 unspecified atom stereocenters. The van der Waals surface area contributed by atoms with Gasteiger partial charge in [0.1, 0.15) is 29.8 Å². The van der Waals surface area contributed by atoms with Crippen molar-refractivity contribution in [3.05, 3.63) is 58.6 Å². The van der Waals surface area contributed by atoms with Gasteiger partial charge < -0.3 is 34.4 Å². The van der Waals surface area contributed by atoms with Gasteiger partial charge in [-0.25, -0.2) is 0 Å². The minimum Gasteiger partial charge on any atom is -0.455 e. The van der Waals surface area contributed by atoms with Crippen LogP contribution in [-0.4, -0.2) is 127 Å². The van der Waals surface area contributed by atoms with Gasteiger partial charge in [-0.2, -0.15) is 0 Å². The molecule has 1 aromatic carbocycles. The van der Waals surface area contributed by atoms with Crippen LogP contribution in [0, 0.1) is 11.8 Å². The number of allylic oxidation sites excluding steroid dienone is 1. The molecule has 266 valence electrons. The SMILES string of the molecule is O=C1CC/C=C\CN(CCN2CCOCC2)C(=O)[C@H]2N(CCCCCCO)C(=O)[C@@H]3[C@@H](C(=O)O[C@@H](c4ccccc4)CN1)[C@@H]1O[C@@]32C=C1Br. The summed E-state index contributed by atoms with van der Waals surface area (Å²) < 4.78 is 18.9. The number of likely N-dealkylation sites (tertiary alicyclic amines) is 1. The number of unbranched alkanes of at least 4 members (excludes halogenated alkanes) is 3. The van der Waals surface area contributed by atoms with Crippen molar-refractivity contribution in [3.8, 4) is 0 Å². The number of aliphatic hydroxyl groups excluding tert-OH is 1. The first-order chi connectivity index (χ1) is 23.8. The van der Waals surface area contributed by atoms with Crippen LogP contribution in [0.25, 0.3) is 0 Å². The monoisotopic (exact) mass is 742 g/mol. The zero-order chi connectivity index (χ0) is 34.4. The third-order valence-corrected chi connectivity index (χ3v) is 11.0. The molecule has 5 aliphatic rings. The van der Waals surface area contributed by atoms with Crippen LogP contribution in [-0.2, 0) is 33.4 Å². The summed E-state index contributed by atoms with van der Waals surface area (Å²) in [6.45, 7) is 4.70.